The van der Waals surface area contributed by atoms with Crippen molar-refractivity contribution in [3.05, 3.63) is 126 Å². The van der Waals surface area contributed by atoms with E-state index in [4.69, 9.17) is 16.4 Å². The molecule has 6 rings (SSSR count). The van der Waals surface area contributed by atoms with Crippen LogP contribution >= 0.6 is 11.6 Å². The topological polar surface area (TPSA) is 62.7 Å². The fourth-order valence-electron chi connectivity index (χ4n) is 5.16. The van der Waals surface area contributed by atoms with E-state index in [2.05, 4.69) is 4.98 Å². The molecule has 0 radical (unpaired) electrons. The molecule has 2 fully saturated rings. The molecule has 1 aromatic heterocycles. The Kier molecular flexibility index (Phi) is 5.13. The maximum absolute atomic E-state index is 14.5. The zero-order valence-electron chi connectivity index (χ0n) is 18.5. The van der Waals surface area contributed by atoms with Gasteiger partial charge in [0.15, 0.2) is 6.10 Å². The number of nitrogens with zero attached hydrogens (tertiary/aromatic N) is 3. The van der Waals surface area contributed by atoms with Gasteiger partial charge in [0.25, 0.3) is 5.91 Å². The first-order chi connectivity index (χ1) is 17.1. The molecule has 3 aromatic carbocycles. The number of hydrogen-bond acceptors (Lipinski definition) is 5. The zero-order chi connectivity index (χ0) is 24.0. The molecule has 3 atom stereocenters. The van der Waals surface area contributed by atoms with Gasteiger partial charge in [-0.05, 0) is 53.6 Å². The van der Waals surface area contributed by atoms with Gasteiger partial charge in [0.2, 0.25) is 5.91 Å². The van der Waals surface area contributed by atoms with Crippen molar-refractivity contribution in [3.8, 4) is 0 Å². The molecule has 2 amide bonds. The van der Waals surface area contributed by atoms with Gasteiger partial charge in [-0.15, -0.1) is 0 Å². The smallest absolute Gasteiger partial charge is 0.267 e. The van der Waals surface area contributed by atoms with Crippen LogP contribution in [0.3, 0.4) is 0 Å². The molecule has 2 saturated heterocycles. The Bertz CT molecular complexity index is 1380. The van der Waals surface area contributed by atoms with Crippen molar-refractivity contribution in [2.45, 2.75) is 17.6 Å². The number of halogens is 1. The molecule has 4 aromatic rings. The summed E-state index contributed by atoms with van der Waals surface area (Å²) in [4.78, 5) is 40.4. The number of imide groups is 1. The summed E-state index contributed by atoms with van der Waals surface area (Å²) in [6.45, 7) is 0. The van der Waals surface area contributed by atoms with Gasteiger partial charge in [0, 0.05) is 17.4 Å². The van der Waals surface area contributed by atoms with E-state index in [1.165, 1.54) is 4.90 Å². The van der Waals surface area contributed by atoms with Gasteiger partial charge in [-0.1, -0.05) is 66.2 Å². The molecule has 7 heteroatoms. The Balaban J connectivity index is 1.61. The van der Waals surface area contributed by atoms with Gasteiger partial charge in [0.05, 0.1) is 11.4 Å². The summed E-state index contributed by atoms with van der Waals surface area (Å²) in [5.74, 6) is -0.776. The normalized spacial score (nSPS) is 23.6. The van der Waals surface area contributed by atoms with Crippen LogP contribution in [0.15, 0.2) is 109 Å². The first-order valence-electron chi connectivity index (χ1n) is 11.2. The Morgan fingerprint density at radius 3 is 2.14 bits per heavy atom. The van der Waals surface area contributed by atoms with E-state index < -0.39 is 23.5 Å². The van der Waals surface area contributed by atoms with E-state index in [-0.39, 0.29) is 5.91 Å². The third-order valence-electron chi connectivity index (χ3n) is 6.65. The van der Waals surface area contributed by atoms with E-state index in [0.717, 1.165) is 11.3 Å². The minimum absolute atomic E-state index is 0.353. The number of carbonyl (C=O) groups is 2. The lowest BCUT2D eigenvalue weighted by Gasteiger charge is -2.35. The average molecular weight is 482 g/mol. The molecule has 2 aliphatic heterocycles. The first-order valence-corrected chi connectivity index (χ1v) is 11.6. The van der Waals surface area contributed by atoms with Crippen LogP contribution in [0, 0.1) is 0 Å². The van der Waals surface area contributed by atoms with Crippen LogP contribution in [0.5, 0.6) is 0 Å². The standard InChI is InChI=1S/C28H20ClN3O3/c29-21-13-15-22(16-14-21)31-26(33)25-28(27(31)34,20-9-3-1-4-10-20)24(19-8-7-17-30-18-19)32(35-25)23-11-5-2-6-12-23/h1-18,24-25H. The summed E-state index contributed by atoms with van der Waals surface area (Å²) >= 11 is 6.07. The number of amides is 2. The maximum atomic E-state index is 14.5. The molecule has 2 aliphatic rings. The average Bonchev–Trinajstić information content (AvgIpc) is 3.38. The van der Waals surface area contributed by atoms with Crippen molar-refractivity contribution in [1.82, 2.24) is 4.98 Å². The first kappa shape index (κ1) is 21.5. The van der Waals surface area contributed by atoms with Gasteiger partial charge in [-0.25, -0.2) is 9.96 Å². The molecule has 35 heavy (non-hydrogen) atoms. The largest absolute Gasteiger partial charge is 0.273 e. The predicted molar refractivity (Wildman–Crippen MR) is 133 cm³/mol. The maximum Gasteiger partial charge on any atom is 0.267 e. The predicted octanol–water partition coefficient (Wildman–Crippen LogP) is 5.11. The van der Waals surface area contributed by atoms with E-state index >= 15 is 0 Å². The highest BCUT2D eigenvalue weighted by atomic mass is 35.5. The van der Waals surface area contributed by atoms with Crippen molar-refractivity contribution < 1.29 is 14.4 Å². The minimum Gasteiger partial charge on any atom is -0.273 e. The molecule has 3 heterocycles. The number of fused-ring (bicyclic) bond motifs is 1. The number of benzene rings is 3. The lowest BCUT2D eigenvalue weighted by molar-refractivity contribution is -0.126. The van der Waals surface area contributed by atoms with E-state index in [1.807, 2.05) is 72.8 Å². The van der Waals surface area contributed by atoms with Crippen LogP contribution in [0.1, 0.15) is 17.2 Å². The molecule has 3 unspecified atom stereocenters. The number of carbonyl (C=O) groups excluding carboxylic acids is 2. The summed E-state index contributed by atoms with van der Waals surface area (Å²) in [6, 6.07) is 28.6. The second-order valence-corrected chi connectivity index (χ2v) is 8.96. The zero-order valence-corrected chi connectivity index (χ0v) is 19.2. The lowest BCUT2D eigenvalue weighted by Crippen LogP contribution is -2.46. The van der Waals surface area contributed by atoms with E-state index in [0.29, 0.717) is 16.3 Å². The molecule has 0 spiro atoms. The van der Waals surface area contributed by atoms with Gasteiger partial charge >= 0.3 is 0 Å². The molecule has 0 aliphatic carbocycles. The fraction of sp³-hybridized carbons (Fsp3) is 0.107. The number of hydrogen-bond donors (Lipinski definition) is 0. The van der Waals surface area contributed by atoms with Crippen LogP contribution in [-0.2, 0) is 19.8 Å². The molecule has 0 bridgehead atoms. The van der Waals surface area contributed by atoms with Gasteiger partial charge in [-0.2, -0.15) is 0 Å². The van der Waals surface area contributed by atoms with E-state index in [9.17, 15) is 9.59 Å². The van der Waals surface area contributed by atoms with Crippen molar-refractivity contribution >= 4 is 34.8 Å². The van der Waals surface area contributed by atoms with Crippen LogP contribution in [0.25, 0.3) is 0 Å². The highest BCUT2D eigenvalue weighted by Crippen LogP contribution is 2.56. The van der Waals surface area contributed by atoms with Crippen molar-refractivity contribution in [2.75, 3.05) is 9.96 Å². The molecular formula is C28H20ClN3O3. The number of hydroxylamine groups is 1. The molecule has 0 saturated carbocycles. The summed E-state index contributed by atoms with van der Waals surface area (Å²) in [5, 5.41) is 2.20. The Labute approximate surface area is 207 Å². The monoisotopic (exact) mass is 481 g/mol. The quantitative estimate of drug-likeness (QED) is 0.379. The third-order valence-corrected chi connectivity index (χ3v) is 6.90. The fourth-order valence-corrected chi connectivity index (χ4v) is 5.29. The molecule has 6 nitrogen and oxygen atoms in total. The number of aromatic nitrogens is 1. The van der Waals surface area contributed by atoms with Crippen LogP contribution < -0.4 is 9.96 Å². The van der Waals surface area contributed by atoms with Crippen molar-refractivity contribution in [2.24, 2.45) is 0 Å². The summed E-state index contributed by atoms with van der Waals surface area (Å²) in [6.07, 6.45) is 2.33. The second-order valence-electron chi connectivity index (χ2n) is 8.53. The van der Waals surface area contributed by atoms with Crippen LogP contribution in [-0.4, -0.2) is 22.9 Å². The number of rotatable bonds is 4. The Hall–Kier alpha value is -4.00. The third kappa shape index (κ3) is 3.18. The summed E-state index contributed by atoms with van der Waals surface area (Å²) < 4.78 is 0. The summed E-state index contributed by atoms with van der Waals surface area (Å²) in [5.41, 5.74) is 1.32. The van der Waals surface area contributed by atoms with Gasteiger partial charge < -0.3 is 0 Å². The SMILES string of the molecule is O=C1C2ON(c3ccccc3)C(c3cccnc3)C2(c2ccccc2)C(=O)N1c1ccc(Cl)cc1. The van der Waals surface area contributed by atoms with Crippen LogP contribution in [0.2, 0.25) is 5.02 Å². The highest BCUT2D eigenvalue weighted by molar-refractivity contribution is 6.31. The van der Waals surface area contributed by atoms with Crippen LogP contribution in [0.4, 0.5) is 11.4 Å². The van der Waals surface area contributed by atoms with Gasteiger partial charge in [0.1, 0.15) is 11.5 Å². The number of para-hydroxylation sites is 1. The van der Waals surface area contributed by atoms with Crippen molar-refractivity contribution in [1.29, 1.82) is 0 Å². The number of pyridine rings is 1. The summed E-state index contributed by atoms with van der Waals surface area (Å²) in [7, 11) is 0. The molecular weight excluding hydrogens is 462 g/mol. The molecule has 0 N–H and O–H groups in total. The minimum atomic E-state index is -1.34. The Morgan fingerprint density at radius 2 is 1.49 bits per heavy atom. The molecule has 172 valence electrons. The lowest BCUT2D eigenvalue weighted by atomic mass is 9.69. The number of anilines is 2. The van der Waals surface area contributed by atoms with Crippen molar-refractivity contribution in [3.63, 3.8) is 0 Å². The second kappa shape index (κ2) is 8.34. The highest BCUT2D eigenvalue weighted by Gasteiger charge is 2.72. The van der Waals surface area contributed by atoms with E-state index in [1.54, 1.807) is 41.7 Å². The van der Waals surface area contributed by atoms with Gasteiger partial charge in [-0.3, -0.25) is 19.4 Å². The Morgan fingerprint density at radius 1 is 0.800 bits per heavy atom.